The highest BCUT2D eigenvalue weighted by Crippen LogP contribution is 2.29. The predicted octanol–water partition coefficient (Wildman–Crippen LogP) is 2.94. The Balaban J connectivity index is 2.39. The summed E-state index contributed by atoms with van der Waals surface area (Å²) < 4.78 is 1.61. The number of rotatable bonds is 7. The van der Waals surface area contributed by atoms with E-state index in [4.69, 9.17) is 17.3 Å². The number of hydrogen-bond donors (Lipinski definition) is 1. The van der Waals surface area contributed by atoms with E-state index in [-0.39, 0.29) is 24.8 Å². The number of carbonyl (C=O) groups excluding carboxylic acids is 2. The molecule has 0 radical (unpaired) electrons. The van der Waals surface area contributed by atoms with Gasteiger partial charge in [-0.1, -0.05) is 44.2 Å². The fraction of sp³-hybridized carbons (Fsp3) is 0.316. The third kappa shape index (κ3) is 4.32. The molecule has 138 valence electrons. The molecule has 1 aromatic carbocycles. The van der Waals surface area contributed by atoms with Crippen molar-refractivity contribution >= 4 is 29.1 Å². The van der Waals surface area contributed by atoms with Crippen molar-refractivity contribution in [3.63, 3.8) is 0 Å². The van der Waals surface area contributed by atoms with E-state index < -0.39 is 5.91 Å². The maximum Gasteiger partial charge on any atom is 0.250 e. The van der Waals surface area contributed by atoms with Gasteiger partial charge in [0.15, 0.2) is 0 Å². The molecule has 0 fully saturated rings. The second kappa shape index (κ2) is 8.19. The van der Waals surface area contributed by atoms with Gasteiger partial charge in [-0.05, 0) is 29.7 Å². The monoisotopic (exact) mass is 374 g/mol. The molecule has 0 aliphatic heterocycles. The molecule has 1 aromatic heterocycles. The van der Waals surface area contributed by atoms with Crippen LogP contribution in [0.5, 0.6) is 0 Å². The van der Waals surface area contributed by atoms with E-state index in [9.17, 15) is 9.59 Å². The summed E-state index contributed by atoms with van der Waals surface area (Å²) in [6.07, 6.45) is 1.41. The van der Waals surface area contributed by atoms with Crippen LogP contribution in [0.2, 0.25) is 5.15 Å². The van der Waals surface area contributed by atoms with Crippen molar-refractivity contribution in [2.75, 3.05) is 4.90 Å². The largest absolute Gasteiger partial charge is 0.369 e. The summed E-state index contributed by atoms with van der Waals surface area (Å²) in [4.78, 5) is 25.1. The minimum absolute atomic E-state index is 0.154. The zero-order valence-corrected chi connectivity index (χ0v) is 16.0. The Hall–Kier alpha value is -2.60. The van der Waals surface area contributed by atoms with E-state index in [2.05, 4.69) is 11.7 Å². The summed E-state index contributed by atoms with van der Waals surface area (Å²) >= 11 is 6.41. The number of nitrogens with zero attached hydrogens (tertiary/aromatic N) is 3. The summed E-state index contributed by atoms with van der Waals surface area (Å²) in [7, 11) is 1.77. The Morgan fingerprint density at radius 2 is 1.96 bits per heavy atom. The molecule has 2 N–H and O–H groups in total. The van der Waals surface area contributed by atoms with Crippen molar-refractivity contribution in [3.05, 3.63) is 58.9 Å². The highest BCUT2D eigenvalue weighted by atomic mass is 35.5. The average Bonchev–Trinajstić information content (AvgIpc) is 2.87. The molecule has 0 bridgehead atoms. The fourth-order valence-corrected chi connectivity index (χ4v) is 2.93. The van der Waals surface area contributed by atoms with Crippen LogP contribution < -0.4 is 10.6 Å². The van der Waals surface area contributed by atoms with Gasteiger partial charge in [-0.3, -0.25) is 14.3 Å². The molecule has 6 nitrogen and oxygen atoms in total. The van der Waals surface area contributed by atoms with Crippen LogP contribution in [-0.2, 0) is 29.6 Å². The van der Waals surface area contributed by atoms with Crippen LogP contribution in [0.4, 0.5) is 5.69 Å². The summed E-state index contributed by atoms with van der Waals surface area (Å²) in [6.45, 7) is 7.92. The van der Waals surface area contributed by atoms with E-state index in [0.717, 1.165) is 16.8 Å². The lowest BCUT2D eigenvalue weighted by Gasteiger charge is -2.22. The lowest BCUT2D eigenvalue weighted by Crippen LogP contribution is -2.29. The summed E-state index contributed by atoms with van der Waals surface area (Å²) in [6, 6.07) is 7.10. The molecule has 0 spiro atoms. The van der Waals surface area contributed by atoms with Crippen LogP contribution in [0.1, 0.15) is 36.6 Å². The Labute approximate surface area is 158 Å². The number of aromatic nitrogens is 2. The van der Waals surface area contributed by atoms with E-state index in [0.29, 0.717) is 10.8 Å². The molecular formula is C19H23ClN4O2. The topological polar surface area (TPSA) is 81.2 Å². The van der Waals surface area contributed by atoms with E-state index in [1.165, 1.54) is 6.08 Å². The first-order valence-corrected chi connectivity index (χ1v) is 8.64. The number of amides is 2. The maximum absolute atomic E-state index is 12.4. The van der Waals surface area contributed by atoms with Crippen LogP contribution in [-0.4, -0.2) is 21.6 Å². The number of halogens is 1. The van der Waals surface area contributed by atoms with Crippen molar-refractivity contribution in [3.8, 4) is 0 Å². The Morgan fingerprint density at radius 3 is 2.46 bits per heavy atom. The summed E-state index contributed by atoms with van der Waals surface area (Å²) in [5.74, 6) is -0.481. The second-order valence-corrected chi connectivity index (χ2v) is 6.73. The Kier molecular flexibility index (Phi) is 6.21. The standard InChI is InChI=1S/C19H23ClN4O2/c1-5-17(26)24(14-8-6-13(7-9-14)10-16(21)25)11-15-18(12(2)3)22-23(4)19(15)20/h5-9,12H,1,10-11H2,2-4H3,(H2,21,25). The number of carbonyl (C=O) groups is 2. The van der Waals surface area contributed by atoms with Gasteiger partial charge in [0.25, 0.3) is 5.91 Å². The van der Waals surface area contributed by atoms with E-state index >= 15 is 0 Å². The molecular weight excluding hydrogens is 352 g/mol. The minimum Gasteiger partial charge on any atom is -0.369 e. The molecule has 2 aromatic rings. The first kappa shape index (κ1) is 19.7. The van der Waals surface area contributed by atoms with Gasteiger partial charge >= 0.3 is 0 Å². The molecule has 26 heavy (non-hydrogen) atoms. The highest BCUT2D eigenvalue weighted by Gasteiger charge is 2.22. The van der Waals surface area contributed by atoms with Crippen molar-refractivity contribution < 1.29 is 9.59 Å². The Morgan fingerprint density at radius 1 is 1.35 bits per heavy atom. The zero-order valence-electron chi connectivity index (χ0n) is 15.2. The number of nitrogens with two attached hydrogens (primary N) is 1. The molecule has 0 saturated carbocycles. The van der Waals surface area contributed by atoms with Crippen LogP contribution in [0.25, 0.3) is 0 Å². The van der Waals surface area contributed by atoms with Gasteiger partial charge < -0.3 is 10.6 Å². The number of aryl methyl sites for hydroxylation is 1. The van der Waals surface area contributed by atoms with Crippen LogP contribution in [0, 0.1) is 0 Å². The average molecular weight is 375 g/mol. The van der Waals surface area contributed by atoms with Gasteiger partial charge in [-0.15, -0.1) is 0 Å². The van der Waals surface area contributed by atoms with Gasteiger partial charge in [0.05, 0.1) is 18.7 Å². The first-order valence-electron chi connectivity index (χ1n) is 8.27. The van der Waals surface area contributed by atoms with Gasteiger partial charge in [0.2, 0.25) is 5.91 Å². The molecule has 0 unspecified atom stereocenters. The number of hydrogen-bond acceptors (Lipinski definition) is 3. The molecule has 7 heteroatoms. The lowest BCUT2D eigenvalue weighted by atomic mass is 10.1. The molecule has 2 amide bonds. The van der Waals surface area contributed by atoms with Gasteiger partial charge in [0, 0.05) is 18.3 Å². The maximum atomic E-state index is 12.4. The van der Waals surface area contributed by atoms with Gasteiger partial charge in [-0.2, -0.15) is 5.10 Å². The fourth-order valence-electron chi connectivity index (χ4n) is 2.74. The normalized spacial score (nSPS) is 10.8. The van der Waals surface area contributed by atoms with Gasteiger partial charge in [-0.25, -0.2) is 0 Å². The molecule has 1 heterocycles. The second-order valence-electron chi connectivity index (χ2n) is 6.37. The van der Waals surface area contributed by atoms with Crippen molar-refractivity contribution in [2.45, 2.75) is 32.7 Å². The Bertz CT molecular complexity index is 825. The predicted molar refractivity (Wildman–Crippen MR) is 103 cm³/mol. The first-order chi connectivity index (χ1) is 12.2. The lowest BCUT2D eigenvalue weighted by molar-refractivity contribution is -0.117. The van der Waals surface area contributed by atoms with Crippen LogP contribution >= 0.6 is 11.6 Å². The highest BCUT2D eigenvalue weighted by molar-refractivity contribution is 6.30. The quantitative estimate of drug-likeness (QED) is 0.756. The van der Waals surface area contributed by atoms with Crippen LogP contribution in [0.15, 0.2) is 36.9 Å². The smallest absolute Gasteiger partial charge is 0.250 e. The number of anilines is 1. The SMILES string of the molecule is C=CC(=O)N(Cc1c(C(C)C)nn(C)c1Cl)c1ccc(CC(N)=O)cc1. The van der Waals surface area contributed by atoms with Crippen molar-refractivity contribution in [2.24, 2.45) is 12.8 Å². The van der Waals surface area contributed by atoms with Gasteiger partial charge in [0.1, 0.15) is 5.15 Å². The van der Waals surface area contributed by atoms with E-state index in [1.54, 1.807) is 40.9 Å². The van der Waals surface area contributed by atoms with Crippen molar-refractivity contribution in [1.82, 2.24) is 9.78 Å². The van der Waals surface area contributed by atoms with E-state index in [1.807, 2.05) is 13.8 Å². The number of benzene rings is 1. The minimum atomic E-state index is -0.402. The summed E-state index contributed by atoms with van der Waals surface area (Å²) in [5.41, 5.74) is 8.34. The summed E-state index contributed by atoms with van der Waals surface area (Å²) in [5, 5.41) is 4.96. The third-order valence-corrected chi connectivity index (χ3v) is 4.50. The van der Waals surface area contributed by atoms with Crippen molar-refractivity contribution in [1.29, 1.82) is 0 Å². The molecule has 2 rings (SSSR count). The molecule has 0 saturated heterocycles. The molecule has 0 aliphatic carbocycles. The zero-order chi connectivity index (χ0) is 19.4. The molecule has 0 aliphatic rings. The van der Waals surface area contributed by atoms with Crippen LogP contribution in [0.3, 0.4) is 0 Å². The number of primary amides is 1. The third-order valence-electron chi connectivity index (χ3n) is 4.03. The molecule has 0 atom stereocenters.